The molecular weight excluding hydrogens is 239 g/mol. The van der Waals surface area contributed by atoms with Crippen LogP contribution in [0.2, 0.25) is 0 Å². The molecule has 0 saturated carbocycles. The summed E-state index contributed by atoms with van der Waals surface area (Å²) in [5, 5.41) is 8.99. The number of nitrogens with two attached hydrogens (primary N) is 1. The lowest BCUT2D eigenvalue weighted by Crippen LogP contribution is -2.21. The van der Waals surface area contributed by atoms with Crippen molar-refractivity contribution in [3.05, 3.63) is 18.6 Å². The van der Waals surface area contributed by atoms with Crippen molar-refractivity contribution in [3.63, 3.8) is 0 Å². The van der Waals surface area contributed by atoms with E-state index in [9.17, 15) is 4.39 Å². The van der Waals surface area contributed by atoms with Crippen LogP contribution in [0.15, 0.2) is 18.6 Å². The largest absolute Gasteiger partial charge is 0.394 e. The van der Waals surface area contributed by atoms with Gasteiger partial charge in [-0.2, -0.15) is 0 Å². The van der Waals surface area contributed by atoms with Crippen molar-refractivity contribution in [1.29, 1.82) is 0 Å². The summed E-state index contributed by atoms with van der Waals surface area (Å²) in [6.45, 7) is -0.325. The van der Waals surface area contributed by atoms with E-state index >= 15 is 0 Å². The number of hydrogen-bond acceptors (Lipinski definition) is 5. The first-order valence-electron chi connectivity index (χ1n) is 5.68. The number of rotatable bonds is 2. The lowest BCUT2D eigenvalue weighted by molar-refractivity contribution is -0.0321. The van der Waals surface area contributed by atoms with E-state index < -0.39 is 18.5 Å². The minimum Gasteiger partial charge on any atom is -0.394 e. The Hall–Kier alpha value is -1.73. The van der Waals surface area contributed by atoms with Gasteiger partial charge in [0.05, 0.1) is 18.5 Å². The summed E-state index contributed by atoms with van der Waals surface area (Å²) in [5.74, 6) is 0.333. The molecule has 18 heavy (non-hydrogen) atoms. The fourth-order valence-electron chi connectivity index (χ4n) is 2.24. The van der Waals surface area contributed by atoms with Gasteiger partial charge in [0.15, 0.2) is 5.82 Å². The molecule has 0 bridgehead atoms. The number of hydrogen-bond donors (Lipinski definition) is 2. The second kappa shape index (κ2) is 4.18. The minimum atomic E-state index is -1.17. The molecule has 0 amide bonds. The maximum absolute atomic E-state index is 13.6. The number of aromatic nitrogens is 3. The lowest BCUT2D eigenvalue weighted by Gasteiger charge is -2.13. The standard InChI is InChI=1S/C11H13FN4O2/c12-6-3-9(18-8(6)4-17)16-5-15-10-7(16)1-2-14-11(10)13/h1-2,5-6,8-9,17H,3-4H2,(H2,13,14)/t6?,8-,9+/m1/s1. The van der Waals surface area contributed by atoms with Crippen LogP contribution in [0.4, 0.5) is 10.2 Å². The summed E-state index contributed by atoms with van der Waals surface area (Å²) in [5.41, 5.74) is 7.03. The van der Waals surface area contributed by atoms with Gasteiger partial charge in [-0.15, -0.1) is 0 Å². The SMILES string of the molecule is Nc1nccc2c1ncn2[C@@H]1CC(F)[C@@H](CO)O1. The predicted molar refractivity (Wildman–Crippen MR) is 62.4 cm³/mol. The number of aliphatic hydroxyl groups excluding tert-OH is 1. The van der Waals surface area contributed by atoms with Crippen molar-refractivity contribution >= 4 is 16.9 Å². The zero-order valence-electron chi connectivity index (χ0n) is 9.53. The molecule has 3 atom stereocenters. The number of aliphatic hydroxyl groups is 1. The van der Waals surface area contributed by atoms with Crippen LogP contribution in [-0.4, -0.2) is 38.5 Å². The van der Waals surface area contributed by atoms with Gasteiger partial charge < -0.3 is 20.1 Å². The Morgan fingerprint density at radius 2 is 2.39 bits per heavy atom. The number of pyridine rings is 1. The molecule has 1 unspecified atom stereocenters. The molecule has 3 rings (SSSR count). The second-order valence-electron chi connectivity index (χ2n) is 4.28. The average molecular weight is 252 g/mol. The zero-order valence-corrected chi connectivity index (χ0v) is 9.53. The van der Waals surface area contributed by atoms with Crippen LogP contribution in [0.3, 0.4) is 0 Å². The van der Waals surface area contributed by atoms with Crippen molar-refractivity contribution < 1.29 is 14.2 Å². The molecule has 1 saturated heterocycles. The highest BCUT2D eigenvalue weighted by Crippen LogP contribution is 2.33. The number of imidazole rings is 1. The minimum absolute atomic E-state index is 0.193. The van der Waals surface area contributed by atoms with Gasteiger partial charge in [0.2, 0.25) is 0 Å². The molecule has 0 spiro atoms. The van der Waals surface area contributed by atoms with Crippen molar-refractivity contribution in [1.82, 2.24) is 14.5 Å². The summed E-state index contributed by atoms with van der Waals surface area (Å²) < 4.78 is 20.7. The van der Waals surface area contributed by atoms with Crippen LogP contribution in [0.1, 0.15) is 12.6 Å². The zero-order chi connectivity index (χ0) is 12.7. The third-order valence-corrected chi connectivity index (χ3v) is 3.17. The Labute approximate surface area is 102 Å². The number of nitrogen functional groups attached to an aromatic ring is 1. The number of halogens is 1. The highest BCUT2D eigenvalue weighted by atomic mass is 19.1. The first-order valence-corrected chi connectivity index (χ1v) is 5.68. The number of nitrogens with zero attached hydrogens (tertiary/aromatic N) is 3. The average Bonchev–Trinajstić information content (AvgIpc) is 2.93. The molecule has 1 fully saturated rings. The van der Waals surface area contributed by atoms with E-state index in [-0.39, 0.29) is 13.0 Å². The van der Waals surface area contributed by atoms with Crippen LogP contribution < -0.4 is 5.73 Å². The molecule has 1 aliphatic rings. The second-order valence-corrected chi connectivity index (χ2v) is 4.28. The monoisotopic (exact) mass is 252 g/mol. The predicted octanol–water partition coefficient (Wildman–Crippen LogP) is 0.631. The van der Waals surface area contributed by atoms with Crippen molar-refractivity contribution in [2.45, 2.75) is 24.9 Å². The van der Waals surface area contributed by atoms with E-state index in [1.807, 2.05) is 0 Å². The van der Waals surface area contributed by atoms with Gasteiger partial charge in [-0.05, 0) is 6.07 Å². The summed E-state index contributed by atoms with van der Waals surface area (Å²) in [6, 6.07) is 1.75. The molecule has 7 heteroatoms. The van der Waals surface area contributed by atoms with E-state index in [0.29, 0.717) is 11.3 Å². The normalized spacial score (nSPS) is 28.0. The molecule has 6 nitrogen and oxygen atoms in total. The van der Waals surface area contributed by atoms with Crippen LogP contribution in [0.5, 0.6) is 0 Å². The van der Waals surface area contributed by atoms with Crippen molar-refractivity contribution in [2.75, 3.05) is 12.3 Å². The topological polar surface area (TPSA) is 86.2 Å². The van der Waals surface area contributed by atoms with Gasteiger partial charge in [0.25, 0.3) is 0 Å². The quantitative estimate of drug-likeness (QED) is 0.818. The van der Waals surface area contributed by atoms with Crippen molar-refractivity contribution in [3.8, 4) is 0 Å². The molecule has 2 aromatic rings. The molecule has 0 radical (unpaired) electrons. The van der Waals surface area contributed by atoms with Crippen LogP contribution in [-0.2, 0) is 4.74 Å². The Morgan fingerprint density at radius 1 is 1.56 bits per heavy atom. The van der Waals surface area contributed by atoms with Gasteiger partial charge in [-0.1, -0.05) is 0 Å². The fourth-order valence-corrected chi connectivity index (χ4v) is 2.24. The summed E-state index contributed by atoms with van der Waals surface area (Å²) in [6.07, 6.45) is 0.909. The molecular formula is C11H13FN4O2. The van der Waals surface area contributed by atoms with Crippen LogP contribution in [0.25, 0.3) is 11.0 Å². The summed E-state index contributed by atoms with van der Waals surface area (Å²) in [7, 11) is 0. The third-order valence-electron chi connectivity index (χ3n) is 3.17. The van der Waals surface area contributed by atoms with E-state index in [4.69, 9.17) is 15.6 Å². The highest BCUT2D eigenvalue weighted by molar-refractivity contribution is 5.84. The van der Waals surface area contributed by atoms with E-state index in [2.05, 4.69) is 9.97 Å². The summed E-state index contributed by atoms with van der Waals surface area (Å²) >= 11 is 0. The van der Waals surface area contributed by atoms with Gasteiger partial charge in [0.1, 0.15) is 24.0 Å². The molecule has 96 valence electrons. The number of anilines is 1. The molecule has 3 heterocycles. The maximum atomic E-state index is 13.6. The summed E-state index contributed by atoms with van der Waals surface area (Å²) in [4.78, 5) is 8.09. The first kappa shape index (κ1) is 11.4. The first-order chi connectivity index (χ1) is 8.70. The Morgan fingerprint density at radius 3 is 3.11 bits per heavy atom. The maximum Gasteiger partial charge on any atom is 0.151 e. The molecule has 2 aromatic heterocycles. The molecule has 3 N–H and O–H groups in total. The highest BCUT2D eigenvalue weighted by Gasteiger charge is 2.36. The smallest absolute Gasteiger partial charge is 0.151 e. The molecule has 0 aliphatic carbocycles. The van der Waals surface area contributed by atoms with E-state index in [1.54, 1.807) is 23.2 Å². The van der Waals surface area contributed by atoms with E-state index in [0.717, 1.165) is 5.52 Å². The third kappa shape index (κ3) is 1.63. The Bertz CT molecular complexity index is 573. The molecule has 0 aromatic carbocycles. The Balaban J connectivity index is 1.99. The van der Waals surface area contributed by atoms with Gasteiger partial charge in [-0.3, -0.25) is 0 Å². The number of fused-ring (bicyclic) bond motifs is 1. The fraction of sp³-hybridized carbons (Fsp3) is 0.455. The Kier molecular flexibility index (Phi) is 2.64. The van der Waals surface area contributed by atoms with Crippen molar-refractivity contribution in [2.24, 2.45) is 0 Å². The van der Waals surface area contributed by atoms with E-state index in [1.165, 1.54) is 0 Å². The van der Waals surface area contributed by atoms with Gasteiger partial charge in [-0.25, -0.2) is 14.4 Å². The van der Waals surface area contributed by atoms with Crippen LogP contribution >= 0.6 is 0 Å². The van der Waals surface area contributed by atoms with Gasteiger partial charge in [0, 0.05) is 12.6 Å². The molecule has 1 aliphatic heterocycles. The van der Waals surface area contributed by atoms with Gasteiger partial charge >= 0.3 is 0 Å². The number of ether oxygens (including phenoxy) is 1. The lowest BCUT2D eigenvalue weighted by atomic mass is 10.2. The van der Waals surface area contributed by atoms with Crippen LogP contribution in [0, 0.1) is 0 Å². The number of alkyl halides is 1.